The van der Waals surface area contributed by atoms with Crippen LogP contribution in [0.1, 0.15) is 0 Å². The van der Waals surface area contributed by atoms with Gasteiger partial charge in [-0.05, 0) is 72.3 Å². The maximum Gasteiger partial charge on any atom is 0.181 e. The number of rotatable bonds is 9. The summed E-state index contributed by atoms with van der Waals surface area (Å²) in [6, 6.07) is 75.1. The lowest BCUT2D eigenvalue weighted by Crippen LogP contribution is -2.75. The van der Waals surface area contributed by atoms with Crippen molar-refractivity contribution in [1.29, 1.82) is 0 Å². The summed E-state index contributed by atoms with van der Waals surface area (Å²) < 4.78 is 6.47. The molecule has 0 N–H and O–H groups in total. The lowest BCUT2D eigenvalue weighted by molar-refractivity contribution is 0.483. The SMILES string of the molecule is Clc1c(Oc2ccccc2)cccc1[Si](c1ccc(-c2ccccc2)cc1)(c1ccc(-c2ccccc2)cc1)c1ccc(-c2ccccc2)cc1. The van der Waals surface area contributed by atoms with Crippen LogP contribution in [0.3, 0.4) is 0 Å². The van der Waals surface area contributed by atoms with E-state index < -0.39 is 8.07 Å². The summed E-state index contributed by atoms with van der Waals surface area (Å²) in [4.78, 5) is 0. The van der Waals surface area contributed by atoms with Crippen LogP contribution in [0.4, 0.5) is 0 Å². The van der Waals surface area contributed by atoms with Gasteiger partial charge in [-0.3, -0.25) is 0 Å². The standard InChI is InChI=1S/C48H35ClOSi/c49-48-46(50-42-20-11-4-12-21-42)22-13-23-47(48)51(43-30-24-39(25-31-43)36-14-5-1-6-15-36,44-32-26-40(27-33-44)37-16-7-2-8-17-37)45-34-28-41(29-35-45)38-18-9-3-10-19-38/h1-35H. The number of hydrogen-bond donors (Lipinski definition) is 0. The van der Waals surface area contributed by atoms with E-state index in [1.807, 2.05) is 36.4 Å². The van der Waals surface area contributed by atoms with E-state index in [1.165, 1.54) is 48.9 Å². The van der Waals surface area contributed by atoms with Gasteiger partial charge in [0.2, 0.25) is 0 Å². The molecule has 0 radical (unpaired) electrons. The van der Waals surface area contributed by atoms with E-state index in [4.69, 9.17) is 16.3 Å². The van der Waals surface area contributed by atoms with Crippen molar-refractivity contribution in [2.24, 2.45) is 0 Å². The lowest BCUT2D eigenvalue weighted by atomic mass is 10.1. The zero-order chi connectivity index (χ0) is 34.5. The third kappa shape index (κ3) is 6.44. The molecule has 244 valence electrons. The van der Waals surface area contributed by atoms with Crippen molar-refractivity contribution >= 4 is 40.4 Å². The van der Waals surface area contributed by atoms with Crippen LogP contribution in [0.15, 0.2) is 212 Å². The average Bonchev–Trinajstić information content (AvgIpc) is 3.21. The molecule has 0 atom stereocenters. The van der Waals surface area contributed by atoms with Gasteiger partial charge in [-0.15, -0.1) is 0 Å². The number of halogens is 1. The van der Waals surface area contributed by atoms with E-state index >= 15 is 0 Å². The molecule has 0 amide bonds. The maximum atomic E-state index is 7.58. The highest BCUT2D eigenvalue weighted by Gasteiger charge is 2.43. The average molecular weight is 691 g/mol. The fourth-order valence-corrected chi connectivity index (χ4v) is 12.4. The topological polar surface area (TPSA) is 9.23 Å². The third-order valence-electron chi connectivity index (χ3n) is 9.61. The molecule has 1 nitrogen and oxygen atoms in total. The second-order valence-electron chi connectivity index (χ2n) is 12.6. The largest absolute Gasteiger partial charge is 0.456 e. The molecule has 8 aromatic rings. The summed E-state index contributed by atoms with van der Waals surface area (Å²) >= 11 is 7.58. The van der Waals surface area contributed by atoms with E-state index in [2.05, 4.69) is 176 Å². The Balaban J connectivity index is 1.38. The van der Waals surface area contributed by atoms with Gasteiger partial charge < -0.3 is 4.74 Å². The van der Waals surface area contributed by atoms with Crippen LogP contribution in [0.5, 0.6) is 11.5 Å². The van der Waals surface area contributed by atoms with Crippen molar-refractivity contribution in [2.45, 2.75) is 0 Å². The van der Waals surface area contributed by atoms with Crippen molar-refractivity contribution in [3.63, 3.8) is 0 Å². The maximum absolute atomic E-state index is 7.58. The molecule has 0 bridgehead atoms. The first-order chi connectivity index (χ1) is 25.2. The highest BCUT2D eigenvalue weighted by atomic mass is 35.5. The van der Waals surface area contributed by atoms with Crippen LogP contribution in [-0.2, 0) is 0 Å². The summed E-state index contributed by atoms with van der Waals surface area (Å²) in [6.45, 7) is 0. The van der Waals surface area contributed by atoms with Gasteiger partial charge in [0.1, 0.15) is 11.5 Å². The first-order valence-corrected chi connectivity index (χ1v) is 19.6. The summed E-state index contributed by atoms with van der Waals surface area (Å²) in [7, 11) is -3.08. The molecule has 3 heteroatoms. The van der Waals surface area contributed by atoms with Gasteiger partial charge in [0.05, 0.1) is 5.02 Å². The first-order valence-electron chi connectivity index (χ1n) is 17.2. The fraction of sp³-hybridized carbons (Fsp3) is 0. The number of benzene rings is 8. The molecule has 0 spiro atoms. The van der Waals surface area contributed by atoms with E-state index in [-0.39, 0.29) is 0 Å². The highest BCUT2D eigenvalue weighted by molar-refractivity contribution is 7.20. The molecule has 0 heterocycles. The third-order valence-corrected chi connectivity index (χ3v) is 15.0. The molecule has 51 heavy (non-hydrogen) atoms. The Morgan fingerprint density at radius 1 is 0.314 bits per heavy atom. The van der Waals surface area contributed by atoms with Gasteiger partial charge in [0, 0.05) is 0 Å². The van der Waals surface area contributed by atoms with Gasteiger partial charge in [-0.1, -0.05) is 206 Å². The van der Waals surface area contributed by atoms with Crippen LogP contribution in [0.2, 0.25) is 5.02 Å². The lowest BCUT2D eigenvalue weighted by Gasteiger charge is -2.35. The molecule has 0 saturated heterocycles. The zero-order valence-corrected chi connectivity index (χ0v) is 29.7. The van der Waals surface area contributed by atoms with E-state index in [1.54, 1.807) is 0 Å². The minimum Gasteiger partial charge on any atom is -0.456 e. The molecule has 8 rings (SSSR count). The Kier molecular flexibility index (Phi) is 9.18. The molecule has 0 unspecified atom stereocenters. The molecule has 0 aliphatic carbocycles. The molecule has 0 fully saturated rings. The zero-order valence-electron chi connectivity index (χ0n) is 28.0. The molecular weight excluding hydrogens is 656 g/mol. The Hall–Kier alpha value is -5.93. The Bertz CT molecular complexity index is 2140. The molecule has 0 aliphatic heterocycles. The van der Waals surface area contributed by atoms with Crippen molar-refractivity contribution in [2.75, 3.05) is 0 Å². The molecular formula is C48H35ClOSi. The molecule has 8 aromatic carbocycles. The second-order valence-corrected chi connectivity index (χ2v) is 16.8. The Morgan fingerprint density at radius 3 is 1.02 bits per heavy atom. The number of hydrogen-bond acceptors (Lipinski definition) is 1. The van der Waals surface area contributed by atoms with Gasteiger partial charge in [0.25, 0.3) is 0 Å². The van der Waals surface area contributed by atoms with Crippen LogP contribution in [0, 0.1) is 0 Å². The smallest absolute Gasteiger partial charge is 0.181 e. The van der Waals surface area contributed by atoms with Crippen LogP contribution >= 0.6 is 11.6 Å². The van der Waals surface area contributed by atoms with Crippen LogP contribution < -0.4 is 25.5 Å². The summed E-state index contributed by atoms with van der Waals surface area (Å²) in [5, 5.41) is 5.41. The van der Waals surface area contributed by atoms with E-state index in [0.717, 1.165) is 10.9 Å². The van der Waals surface area contributed by atoms with Crippen molar-refractivity contribution in [3.05, 3.63) is 217 Å². The van der Waals surface area contributed by atoms with Gasteiger partial charge in [-0.2, -0.15) is 0 Å². The number of para-hydroxylation sites is 1. The van der Waals surface area contributed by atoms with E-state index in [9.17, 15) is 0 Å². The Morgan fingerprint density at radius 2 is 0.647 bits per heavy atom. The predicted octanol–water partition coefficient (Wildman–Crippen LogP) is 10.5. The summed E-state index contributed by atoms with van der Waals surface area (Å²) in [5.41, 5.74) is 7.08. The van der Waals surface area contributed by atoms with Crippen LogP contribution in [0.25, 0.3) is 33.4 Å². The Labute approximate surface area is 306 Å². The van der Waals surface area contributed by atoms with Crippen LogP contribution in [-0.4, -0.2) is 8.07 Å². The van der Waals surface area contributed by atoms with E-state index in [0.29, 0.717) is 10.8 Å². The number of ether oxygens (including phenoxy) is 1. The minimum absolute atomic E-state index is 0.624. The minimum atomic E-state index is -3.08. The second kappa shape index (κ2) is 14.5. The van der Waals surface area contributed by atoms with Gasteiger partial charge >= 0.3 is 0 Å². The quantitative estimate of drug-likeness (QED) is 0.108. The monoisotopic (exact) mass is 690 g/mol. The summed E-state index contributed by atoms with van der Waals surface area (Å²) in [5.74, 6) is 1.38. The molecule has 0 saturated carbocycles. The van der Waals surface area contributed by atoms with Crippen molar-refractivity contribution in [1.82, 2.24) is 0 Å². The van der Waals surface area contributed by atoms with Gasteiger partial charge in [0.15, 0.2) is 8.07 Å². The van der Waals surface area contributed by atoms with Gasteiger partial charge in [-0.25, -0.2) is 0 Å². The molecule has 0 aromatic heterocycles. The van der Waals surface area contributed by atoms with Crippen molar-refractivity contribution in [3.8, 4) is 44.9 Å². The fourth-order valence-electron chi connectivity index (χ4n) is 7.09. The predicted molar refractivity (Wildman–Crippen MR) is 218 cm³/mol. The first kappa shape index (κ1) is 32.3. The van der Waals surface area contributed by atoms with Crippen molar-refractivity contribution < 1.29 is 4.74 Å². The normalized spacial score (nSPS) is 11.2. The molecule has 0 aliphatic rings. The highest BCUT2D eigenvalue weighted by Crippen LogP contribution is 2.31. The summed E-state index contributed by atoms with van der Waals surface area (Å²) in [6.07, 6.45) is 0.